The molecule has 2 aromatic rings. The van der Waals surface area contributed by atoms with Crippen LogP contribution in [0, 0.1) is 0 Å². The predicted octanol–water partition coefficient (Wildman–Crippen LogP) is 3.66. The Kier molecular flexibility index (Phi) is 4.55. The van der Waals surface area contributed by atoms with E-state index in [1.165, 1.54) is 12.8 Å². The third-order valence-electron chi connectivity index (χ3n) is 4.15. The van der Waals surface area contributed by atoms with Crippen molar-refractivity contribution in [2.45, 2.75) is 44.2 Å². The number of carbonyl (C=O) groups is 1. The molecular weight excluding hydrogens is 321 g/mol. The molecule has 5 nitrogen and oxygen atoms in total. The van der Waals surface area contributed by atoms with Crippen molar-refractivity contribution in [3.8, 4) is 0 Å². The summed E-state index contributed by atoms with van der Waals surface area (Å²) in [5.41, 5.74) is 0.234. The molecule has 3 rings (SSSR count). The van der Waals surface area contributed by atoms with Crippen LogP contribution in [0.25, 0.3) is 0 Å². The van der Waals surface area contributed by atoms with Crippen molar-refractivity contribution in [1.29, 1.82) is 0 Å². The first-order valence-corrected chi connectivity index (χ1v) is 7.79. The minimum Gasteiger partial charge on any atom is -0.309 e. The van der Waals surface area contributed by atoms with Crippen molar-refractivity contribution >= 4 is 11.7 Å². The summed E-state index contributed by atoms with van der Waals surface area (Å²) in [6.07, 6.45) is 0.937. The molecule has 1 amide bonds. The minimum absolute atomic E-state index is 0.0638. The number of nitrogens with zero attached hydrogens (tertiary/aromatic N) is 2. The van der Waals surface area contributed by atoms with E-state index < -0.39 is 17.6 Å². The topological polar surface area (TPSA) is 70.7 Å². The molecule has 2 aromatic heterocycles. The van der Waals surface area contributed by atoms with Crippen molar-refractivity contribution in [3.63, 3.8) is 0 Å². The van der Waals surface area contributed by atoms with Gasteiger partial charge < -0.3 is 5.32 Å². The Morgan fingerprint density at radius 2 is 2.04 bits per heavy atom. The molecule has 8 heteroatoms. The van der Waals surface area contributed by atoms with E-state index in [1.807, 2.05) is 0 Å². The molecule has 1 saturated carbocycles. The first kappa shape index (κ1) is 16.5. The number of hydrogen-bond acceptors (Lipinski definition) is 3. The number of H-pyrrole nitrogens is 1. The van der Waals surface area contributed by atoms with Gasteiger partial charge in [-0.15, -0.1) is 0 Å². The second-order valence-corrected chi connectivity index (χ2v) is 5.95. The smallest absolute Gasteiger partial charge is 0.309 e. The standard InChI is InChI=1S/C16H17F3N4O/c17-16(18,19)11-5-6-20-12(7-11)8-15(24)21-14-9-13(22-23-14)10-3-1-2-4-10/h5-7,9-10H,1-4,8H2,(H2,21,22,23,24). The molecule has 2 heterocycles. The van der Waals surface area contributed by atoms with Crippen molar-refractivity contribution in [1.82, 2.24) is 15.2 Å². The van der Waals surface area contributed by atoms with Crippen LogP contribution in [0.3, 0.4) is 0 Å². The summed E-state index contributed by atoms with van der Waals surface area (Å²) in [7, 11) is 0. The lowest BCUT2D eigenvalue weighted by Crippen LogP contribution is -2.16. The molecule has 1 aliphatic carbocycles. The van der Waals surface area contributed by atoms with E-state index in [0.717, 1.165) is 36.9 Å². The van der Waals surface area contributed by atoms with Gasteiger partial charge in [0.25, 0.3) is 0 Å². The maximum absolute atomic E-state index is 12.7. The van der Waals surface area contributed by atoms with Crippen molar-refractivity contribution < 1.29 is 18.0 Å². The number of aromatic nitrogens is 3. The minimum atomic E-state index is -4.45. The first-order chi connectivity index (χ1) is 11.4. The molecule has 0 atom stereocenters. The number of carbonyl (C=O) groups excluding carboxylic acids is 1. The lowest BCUT2D eigenvalue weighted by atomic mass is 10.0. The van der Waals surface area contributed by atoms with Crippen molar-refractivity contribution in [2.75, 3.05) is 5.32 Å². The first-order valence-electron chi connectivity index (χ1n) is 7.79. The van der Waals surface area contributed by atoms with E-state index in [1.54, 1.807) is 6.07 Å². The van der Waals surface area contributed by atoms with Gasteiger partial charge in [-0.05, 0) is 25.0 Å². The Morgan fingerprint density at radius 3 is 2.75 bits per heavy atom. The van der Waals surface area contributed by atoms with Gasteiger partial charge in [-0.3, -0.25) is 14.9 Å². The molecule has 24 heavy (non-hydrogen) atoms. The molecule has 2 N–H and O–H groups in total. The lowest BCUT2D eigenvalue weighted by Gasteiger charge is -2.07. The van der Waals surface area contributed by atoms with Gasteiger partial charge in [0.15, 0.2) is 5.82 Å². The highest BCUT2D eigenvalue weighted by atomic mass is 19.4. The van der Waals surface area contributed by atoms with Crippen molar-refractivity contribution in [2.24, 2.45) is 0 Å². The van der Waals surface area contributed by atoms with Crippen LogP contribution < -0.4 is 5.32 Å². The molecular formula is C16H17F3N4O. The van der Waals surface area contributed by atoms with Crippen LogP contribution in [-0.2, 0) is 17.4 Å². The van der Waals surface area contributed by atoms with Gasteiger partial charge >= 0.3 is 6.18 Å². The van der Waals surface area contributed by atoms with Crippen LogP contribution in [0.4, 0.5) is 19.0 Å². The van der Waals surface area contributed by atoms with Gasteiger partial charge in [0.1, 0.15) is 0 Å². The predicted molar refractivity (Wildman–Crippen MR) is 81.4 cm³/mol. The SMILES string of the molecule is O=C(Cc1cc(C(F)(F)F)ccn1)Nc1cc(C2CCCC2)[nH]n1. The second kappa shape index (κ2) is 6.62. The van der Waals surface area contributed by atoms with E-state index in [2.05, 4.69) is 20.5 Å². The molecule has 0 saturated heterocycles. The van der Waals surface area contributed by atoms with Gasteiger partial charge in [-0.25, -0.2) is 0 Å². The Labute approximate surface area is 136 Å². The number of pyridine rings is 1. The maximum atomic E-state index is 12.7. The molecule has 0 unspecified atom stereocenters. The number of amides is 1. The largest absolute Gasteiger partial charge is 0.416 e. The van der Waals surface area contributed by atoms with Crippen LogP contribution in [0.15, 0.2) is 24.4 Å². The van der Waals surface area contributed by atoms with Crippen LogP contribution >= 0.6 is 0 Å². The number of hydrogen-bond donors (Lipinski definition) is 2. The molecule has 0 aromatic carbocycles. The Hall–Kier alpha value is -2.38. The van der Waals surface area contributed by atoms with E-state index in [9.17, 15) is 18.0 Å². The molecule has 1 aliphatic rings. The fourth-order valence-corrected chi connectivity index (χ4v) is 2.95. The summed E-state index contributed by atoms with van der Waals surface area (Å²) in [4.78, 5) is 15.8. The number of halogens is 3. The summed E-state index contributed by atoms with van der Waals surface area (Å²) in [5, 5.41) is 9.55. The molecule has 0 radical (unpaired) electrons. The van der Waals surface area contributed by atoms with E-state index >= 15 is 0 Å². The number of nitrogens with one attached hydrogen (secondary N) is 2. The molecule has 0 aliphatic heterocycles. The fourth-order valence-electron chi connectivity index (χ4n) is 2.95. The maximum Gasteiger partial charge on any atom is 0.416 e. The van der Waals surface area contributed by atoms with Gasteiger partial charge in [-0.1, -0.05) is 12.8 Å². The number of anilines is 1. The van der Waals surface area contributed by atoms with Crippen LogP contribution in [0.1, 0.15) is 48.6 Å². The lowest BCUT2D eigenvalue weighted by molar-refractivity contribution is -0.137. The normalized spacial score (nSPS) is 15.6. The third kappa shape index (κ3) is 3.93. The Morgan fingerprint density at radius 1 is 1.29 bits per heavy atom. The highest BCUT2D eigenvalue weighted by molar-refractivity contribution is 5.91. The van der Waals surface area contributed by atoms with Crippen LogP contribution in [-0.4, -0.2) is 21.1 Å². The average molecular weight is 338 g/mol. The number of alkyl halides is 3. The third-order valence-corrected chi connectivity index (χ3v) is 4.15. The summed E-state index contributed by atoms with van der Waals surface area (Å²) >= 11 is 0. The molecule has 0 spiro atoms. The Bertz CT molecular complexity index is 720. The average Bonchev–Trinajstić information content (AvgIpc) is 3.17. The summed E-state index contributed by atoms with van der Waals surface area (Å²) < 4.78 is 38.0. The number of rotatable bonds is 4. The zero-order valence-corrected chi connectivity index (χ0v) is 12.9. The zero-order valence-electron chi connectivity index (χ0n) is 12.9. The highest BCUT2D eigenvalue weighted by Gasteiger charge is 2.30. The van der Waals surface area contributed by atoms with Crippen LogP contribution in [0.5, 0.6) is 0 Å². The van der Waals surface area contributed by atoms with E-state index in [0.29, 0.717) is 11.7 Å². The number of aromatic amines is 1. The van der Waals surface area contributed by atoms with Gasteiger partial charge in [-0.2, -0.15) is 18.3 Å². The monoisotopic (exact) mass is 338 g/mol. The second-order valence-electron chi connectivity index (χ2n) is 5.95. The quantitative estimate of drug-likeness (QED) is 0.894. The van der Waals surface area contributed by atoms with E-state index in [-0.39, 0.29) is 12.1 Å². The molecule has 0 bridgehead atoms. The van der Waals surface area contributed by atoms with Gasteiger partial charge in [0.05, 0.1) is 17.7 Å². The molecule has 128 valence electrons. The fraction of sp³-hybridized carbons (Fsp3) is 0.438. The summed E-state index contributed by atoms with van der Waals surface area (Å²) in [6.45, 7) is 0. The van der Waals surface area contributed by atoms with Crippen LogP contribution in [0.2, 0.25) is 0 Å². The van der Waals surface area contributed by atoms with E-state index in [4.69, 9.17) is 0 Å². The highest BCUT2D eigenvalue weighted by Crippen LogP contribution is 2.33. The zero-order chi connectivity index (χ0) is 17.2. The summed E-state index contributed by atoms with van der Waals surface area (Å²) in [6, 6.07) is 3.55. The summed E-state index contributed by atoms with van der Waals surface area (Å²) in [5.74, 6) is 0.369. The Balaban J connectivity index is 1.61. The molecule has 1 fully saturated rings. The van der Waals surface area contributed by atoms with Gasteiger partial charge in [0.2, 0.25) is 5.91 Å². The van der Waals surface area contributed by atoms with Gasteiger partial charge in [0, 0.05) is 23.9 Å². The van der Waals surface area contributed by atoms with Crippen molar-refractivity contribution in [3.05, 3.63) is 41.3 Å².